The predicted molar refractivity (Wildman–Crippen MR) is 64.7 cm³/mol. The minimum atomic E-state index is -0.783. The molecule has 0 amide bonds. The van der Waals surface area contributed by atoms with E-state index in [1.54, 1.807) is 6.92 Å². The molecule has 0 spiro atoms. The molecule has 2 nitrogen and oxygen atoms in total. The summed E-state index contributed by atoms with van der Waals surface area (Å²) >= 11 is 0. The van der Waals surface area contributed by atoms with E-state index < -0.39 is 11.9 Å². The lowest BCUT2D eigenvalue weighted by Gasteiger charge is -2.11. The molecule has 1 atom stereocenters. The number of rotatable bonds is 2. The average Bonchev–Trinajstić information content (AvgIpc) is 2.28. The van der Waals surface area contributed by atoms with Crippen LogP contribution in [0.25, 0.3) is 10.8 Å². The van der Waals surface area contributed by atoms with Crippen LogP contribution in [0.3, 0.4) is 0 Å². The first-order valence-corrected chi connectivity index (χ1v) is 5.32. The second-order valence-electron chi connectivity index (χ2n) is 4.08. The van der Waals surface area contributed by atoms with Gasteiger partial charge >= 0.3 is 5.97 Å². The lowest BCUT2D eigenvalue weighted by atomic mass is 9.93. The molecule has 0 heterocycles. The molecule has 0 bridgehead atoms. The normalized spacial score (nSPS) is 12.6. The van der Waals surface area contributed by atoms with Crippen molar-refractivity contribution in [3.05, 3.63) is 47.5 Å². The van der Waals surface area contributed by atoms with Gasteiger partial charge in [-0.25, -0.2) is 0 Å². The molecule has 2 aromatic rings. The molecular weight excluding hydrogens is 200 g/mol. The Labute approximate surface area is 94.5 Å². The predicted octanol–water partition coefficient (Wildman–Crippen LogP) is 3.34. The molecule has 2 heteroatoms. The van der Waals surface area contributed by atoms with Crippen LogP contribution in [-0.2, 0) is 4.79 Å². The number of carbonyl (C=O) groups is 1. The van der Waals surface area contributed by atoms with Crippen molar-refractivity contribution in [1.29, 1.82) is 0 Å². The van der Waals surface area contributed by atoms with Crippen molar-refractivity contribution in [2.24, 2.45) is 0 Å². The number of hydrogen-bond acceptors (Lipinski definition) is 1. The summed E-state index contributed by atoms with van der Waals surface area (Å²) in [7, 11) is 0. The Morgan fingerprint density at radius 3 is 2.44 bits per heavy atom. The van der Waals surface area contributed by atoms with E-state index in [9.17, 15) is 4.79 Å². The van der Waals surface area contributed by atoms with Crippen LogP contribution in [0.15, 0.2) is 36.4 Å². The van der Waals surface area contributed by atoms with Gasteiger partial charge in [-0.15, -0.1) is 0 Å². The lowest BCUT2D eigenvalue weighted by molar-refractivity contribution is -0.138. The first kappa shape index (κ1) is 10.7. The Morgan fingerprint density at radius 1 is 1.12 bits per heavy atom. The molecule has 0 aliphatic heterocycles. The van der Waals surface area contributed by atoms with Crippen molar-refractivity contribution in [3.8, 4) is 0 Å². The zero-order valence-corrected chi connectivity index (χ0v) is 9.40. The highest BCUT2D eigenvalue weighted by atomic mass is 16.4. The highest BCUT2D eigenvalue weighted by Gasteiger charge is 2.16. The summed E-state index contributed by atoms with van der Waals surface area (Å²) in [5, 5.41) is 11.2. The Morgan fingerprint density at radius 2 is 1.75 bits per heavy atom. The Bertz CT molecular complexity index is 543. The molecule has 0 aliphatic carbocycles. The third-order valence-corrected chi connectivity index (χ3v) is 3.01. The standard InChI is InChI=1S/C14H14O2/c1-9-5-3-8-13-11(9)6-4-7-12(13)10(2)14(15)16/h3-8,10H,1-2H3,(H,15,16). The number of hydrogen-bond donors (Lipinski definition) is 1. The maximum absolute atomic E-state index is 11.0. The minimum Gasteiger partial charge on any atom is -0.481 e. The summed E-state index contributed by atoms with van der Waals surface area (Å²) < 4.78 is 0. The molecule has 82 valence electrons. The van der Waals surface area contributed by atoms with Crippen molar-refractivity contribution in [2.75, 3.05) is 0 Å². The smallest absolute Gasteiger partial charge is 0.310 e. The zero-order valence-electron chi connectivity index (χ0n) is 9.40. The largest absolute Gasteiger partial charge is 0.481 e. The first-order valence-electron chi connectivity index (χ1n) is 5.32. The van der Waals surface area contributed by atoms with Gasteiger partial charge in [-0.2, -0.15) is 0 Å². The van der Waals surface area contributed by atoms with E-state index in [0.717, 1.165) is 16.3 Å². The van der Waals surface area contributed by atoms with Gasteiger partial charge in [-0.3, -0.25) is 4.79 Å². The van der Waals surface area contributed by atoms with Gasteiger partial charge in [0, 0.05) is 0 Å². The second kappa shape index (κ2) is 3.97. The molecule has 1 N–H and O–H groups in total. The van der Waals surface area contributed by atoms with Crippen molar-refractivity contribution < 1.29 is 9.90 Å². The number of carboxylic acids is 1. The lowest BCUT2D eigenvalue weighted by Crippen LogP contribution is -2.07. The molecule has 0 aliphatic rings. The van der Waals surface area contributed by atoms with Crippen LogP contribution in [-0.4, -0.2) is 11.1 Å². The fourth-order valence-corrected chi connectivity index (χ4v) is 2.00. The molecule has 0 saturated carbocycles. The van der Waals surface area contributed by atoms with Crippen LogP contribution in [0.4, 0.5) is 0 Å². The van der Waals surface area contributed by atoms with Crippen molar-refractivity contribution in [3.63, 3.8) is 0 Å². The number of benzene rings is 2. The van der Waals surface area contributed by atoms with Gasteiger partial charge in [0.25, 0.3) is 0 Å². The van der Waals surface area contributed by atoms with Gasteiger partial charge in [-0.1, -0.05) is 36.4 Å². The van der Waals surface area contributed by atoms with Gasteiger partial charge < -0.3 is 5.11 Å². The zero-order chi connectivity index (χ0) is 11.7. The van der Waals surface area contributed by atoms with Gasteiger partial charge in [0.05, 0.1) is 5.92 Å². The Balaban J connectivity index is 2.72. The summed E-state index contributed by atoms with van der Waals surface area (Å²) in [6, 6.07) is 11.8. The summed E-state index contributed by atoms with van der Waals surface area (Å²) in [5.41, 5.74) is 2.06. The maximum atomic E-state index is 11.0. The van der Waals surface area contributed by atoms with E-state index >= 15 is 0 Å². The highest BCUT2D eigenvalue weighted by Crippen LogP contribution is 2.27. The quantitative estimate of drug-likeness (QED) is 0.832. The Kier molecular flexibility index (Phi) is 2.65. The summed E-state index contributed by atoms with van der Waals surface area (Å²) in [5.74, 6) is -1.25. The van der Waals surface area contributed by atoms with Crippen LogP contribution in [0, 0.1) is 6.92 Å². The number of fused-ring (bicyclic) bond motifs is 1. The fraction of sp³-hybridized carbons (Fsp3) is 0.214. The summed E-state index contributed by atoms with van der Waals surface area (Å²) in [4.78, 5) is 11.0. The van der Waals surface area contributed by atoms with E-state index in [0.29, 0.717) is 0 Å². The molecule has 0 radical (unpaired) electrons. The van der Waals surface area contributed by atoms with Gasteiger partial charge in [0.1, 0.15) is 0 Å². The second-order valence-corrected chi connectivity index (χ2v) is 4.08. The molecular formula is C14H14O2. The van der Waals surface area contributed by atoms with Crippen LogP contribution in [0.2, 0.25) is 0 Å². The third kappa shape index (κ3) is 1.67. The van der Waals surface area contributed by atoms with E-state index in [2.05, 4.69) is 0 Å². The molecule has 16 heavy (non-hydrogen) atoms. The molecule has 0 saturated heterocycles. The average molecular weight is 214 g/mol. The first-order chi connectivity index (χ1) is 7.61. The fourth-order valence-electron chi connectivity index (χ4n) is 2.00. The highest BCUT2D eigenvalue weighted by molar-refractivity contribution is 5.92. The van der Waals surface area contributed by atoms with E-state index in [-0.39, 0.29) is 0 Å². The molecule has 1 unspecified atom stereocenters. The van der Waals surface area contributed by atoms with E-state index in [1.807, 2.05) is 43.3 Å². The molecule has 2 aromatic carbocycles. The third-order valence-electron chi connectivity index (χ3n) is 3.01. The van der Waals surface area contributed by atoms with Gasteiger partial charge in [0.2, 0.25) is 0 Å². The minimum absolute atomic E-state index is 0.467. The van der Waals surface area contributed by atoms with Crippen molar-refractivity contribution >= 4 is 16.7 Å². The van der Waals surface area contributed by atoms with Crippen LogP contribution in [0.5, 0.6) is 0 Å². The van der Waals surface area contributed by atoms with E-state index in [1.165, 1.54) is 5.56 Å². The van der Waals surface area contributed by atoms with Crippen molar-refractivity contribution in [2.45, 2.75) is 19.8 Å². The molecule has 0 aromatic heterocycles. The van der Waals surface area contributed by atoms with E-state index in [4.69, 9.17) is 5.11 Å². The van der Waals surface area contributed by atoms with Crippen molar-refractivity contribution in [1.82, 2.24) is 0 Å². The summed E-state index contributed by atoms with van der Waals surface area (Å²) in [6.45, 7) is 3.76. The monoisotopic (exact) mass is 214 g/mol. The van der Waals surface area contributed by atoms with Crippen LogP contribution in [0.1, 0.15) is 24.0 Å². The van der Waals surface area contributed by atoms with Gasteiger partial charge in [0.15, 0.2) is 0 Å². The SMILES string of the molecule is Cc1cccc2c(C(C)C(=O)O)cccc12. The number of carboxylic acid groups (broad SMARTS) is 1. The maximum Gasteiger partial charge on any atom is 0.310 e. The Hall–Kier alpha value is -1.83. The number of aliphatic carboxylic acids is 1. The topological polar surface area (TPSA) is 37.3 Å². The molecule has 0 fully saturated rings. The summed E-state index contributed by atoms with van der Waals surface area (Å²) in [6.07, 6.45) is 0. The number of aryl methyl sites for hydroxylation is 1. The van der Waals surface area contributed by atoms with Gasteiger partial charge in [-0.05, 0) is 35.7 Å². The van der Waals surface area contributed by atoms with Crippen LogP contribution >= 0.6 is 0 Å². The molecule has 2 rings (SSSR count). The van der Waals surface area contributed by atoms with Crippen LogP contribution < -0.4 is 0 Å².